The van der Waals surface area contributed by atoms with Crippen molar-refractivity contribution in [2.45, 2.75) is 31.8 Å². The molecule has 0 spiro atoms. The van der Waals surface area contributed by atoms with E-state index >= 15 is 0 Å². The van der Waals surface area contributed by atoms with Gasteiger partial charge in [0.2, 0.25) is 0 Å². The maximum absolute atomic E-state index is 5.30. The second-order valence-electron chi connectivity index (χ2n) is 5.46. The van der Waals surface area contributed by atoms with Crippen molar-refractivity contribution in [3.63, 3.8) is 0 Å². The quantitative estimate of drug-likeness (QED) is 0.903. The van der Waals surface area contributed by atoms with Gasteiger partial charge in [0.15, 0.2) is 0 Å². The van der Waals surface area contributed by atoms with Crippen molar-refractivity contribution in [1.29, 1.82) is 0 Å². The highest BCUT2D eigenvalue weighted by Gasteiger charge is 2.23. The molecule has 1 aliphatic carbocycles. The average Bonchev–Trinajstić information content (AvgIpc) is 2.90. The van der Waals surface area contributed by atoms with Crippen LogP contribution < -0.4 is 10.1 Å². The van der Waals surface area contributed by atoms with E-state index in [1.807, 2.05) is 6.07 Å². The van der Waals surface area contributed by atoms with E-state index in [1.54, 1.807) is 7.11 Å². The first-order valence-electron chi connectivity index (χ1n) is 7.25. The van der Waals surface area contributed by atoms with Gasteiger partial charge in [-0.05, 0) is 48.6 Å². The number of aryl methyl sites for hydroxylation is 1. The van der Waals surface area contributed by atoms with Crippen LogP contribution in [0.15, 0.2) is 48.5 Å². The van der Waals surface area contributed by atoms with E-state index in [-0.39, 0.29) is 0 Å². The van der Waals surface area contributed by atoms with E-state index in [2.05, 4.69) is 54.7 Å². The summed E-state index contributed by atoms with van der Waals surface area (Å²) >= 11 is 0. The van der Waals surface area contributed by atoms with Crippen LogP contribution in [0.2, 0.25) is 0 Å². The third kappa shape index (κ3) is 2.56. The second-order valence-corrected chi connectivity index (χ2v) is 5.46. The van der Waals surface area contributed by atoms with Gasteiger partial charge in [-0.25, -0.2) is 0 Å². The Morgan fingerprint density at radius 1 is 1.15 bits per heavy atom. The smallest absolute Gasteiger partial charge is 0.119 e. The molecule has 0 amide bonds. The summed E-state index contributed by atoms with van der Waals surface area (Å²) in [4.78, 5) is 0. The van der Waals surface area contributed by atoms with Crippen molar-refractivity contribution in [2.75, 3.05) is 7.11 Å². The van der Waals surface area contributed by atoms with Crippen LogP contribution in [0.25, 0.3) is 0 Å². The molecule has 2 nitrogen and oxygen atoms in total. The molecule has 0 heterocycles. The number of hydrogen-bond donors (Lipinski definition) is 1. The molecule has 0 aromatic heterocycles. The maximum Gasteiger partial charge on any atom is 0.119 e. The summed E-state index contributed by atoms with van der Waals surface area (Å²) in [6, 6.07) is 17.8. The normalized spacial score (nSPS) is 18.6. The minimum atomic E-state index is 0.321. The Hall–Kier alpha value is -1.80. The Labute approximate surface area is 120 Å². The van der Waals surface area contributed by atoms with Crippen LogP contribution >= 0.6 is 0 Å². The number of rotatable bonds is 4. The summed E-state index contributed by atoms with van der Waals surface area (Å²) in [6.07, 6.45) is 2.37. The van der Waals surface area contributed by atoms with Crippen LogP contribution in [0, 0.1) is 0 Å². The first kappa shape index (κ1) is 13.2. The molecule has 0 radical (unpaired) electrons. The van der Waals surface area contributed by atoms with Gasteiger partial charge in [-0.15, -0.1) is 0 Å². The zero-order valence-electron chi connectivity index (χ0n) is 12.1. The Balaban J connectivity index is 1.75. The fourth-order valence-electron chi connectivity index (χ4n) is 3.04. The fourth-order valence-corrected chi connectivity index (χ4v) is 3.04. The van der Waals surface area contributed by atoms with E-state index in [0.717, 1.165) is 5.75 Å². The molecule has 0 saturated heterocycles. The molecular formula is C18H21NO. The van der Waals surface area contributed by atoms with Gasteiger partial charge in [0, 0.05) is 12.1 Å². The first-order valence-corrected chi connectivity index (χ1v) is 7.25. The van der Waals surface area contributed by atoms with E-state index < -0.39 is 0 Å². The predicted molar refractivity (Wildman–Crippen MR) is 82.0 cm³/mol. The number of methoxy groups -OCH3 is 1. The Morgan fingerprint density at radius 2 is 2.00 bits per heavy atom. The van der Waals surface area contributed by atoms with Gasteiger partial charge in [-0.3, -0.25) is 0 Å². The van der Waals surface area contributed by atoms with Crippen LogP contribution in [-0.4, -0.2) is 7.11 Å². The topological polar surface area (TPSA) is 21.3 Å². The fraction of sp³-hybridized carbons (Fsp3) is 0.333. The molecule has 0 saturated carbocycles. The number of fused-ring (bicyclic) bond motifs is 1. The molecule has 1 N–H and O–H groups in total. The molecule has 2 atom stereocenters. The van der Waals surface area contributed by atoms with E-state index in [0.29, 0.717) is 12.1 Å². The monoisotopic (exact) mass is 267 g/mol. The van der Waals surface area contributed by atoms with Gasteiger partial charge in [-0.1, -0.05) is 36.4 Å². The molecule has 2 aromatic carbocycles. The molecule has 1 unspecified atom stereocenters. The lowest BCUT2D eigenvalue weighted by molar-refractivity contribution is 0.411. The summed E-state index contributed by atoms with van der Waals surface area (Å²) in [6.45, 7) is 2.22. The average molecular weight is 267 g/mol. The lowest BCUT2D eigenvalue weighted by Gasteiger charge is -2.21. The van der Waals surface area contributed by atoms with Crippen molar-refractivity contribution in [1.82, 2.24) is 5.32 Å². The lowest BCUT2D eigenvalue weighted by atomic mass is 10.0. The number of ether oxygens (including phenoxy) is 1. The van der Waals surface area contributed by atoms with Gasteiger partial charge in [-0.2, -0.15) is 0 Å². The molecule has 0 aliphatic heterocycles. The van der Waals surface area contributed by atoms with Gasteiger partial charge in [0.05, 0.1) is 7.11 Å². The maximum atomic E-state index is 5.30. The Bertz CT molecular complexity index is 593. The minimum Gasteiger partial charge on any atom is -0.497 e. The summed E-state index contributed by atoms with van der Waals surface area (Å²) in [5, 5.41) is 3.75. The minimum absolute atomic E-state index is 0.321. The molecule has 1 aliphatic rings. The van der Waals surface area contributed by atoms with E-state index in [4.69, 9.17) is 4.74 Å². The molecule has 0 bridgehead atoms. The van der Waals surface area contributed by atoms with Crippen LogP contribution in [0.1, 0.15) is 42.1 Å². The zero-order valence-corrected chi connectivity index (χ0v) is 12.1. The number of benzene rings is 2. The van der Waals surface area contributed by atoms with Crippen LogP contribution in [0.4, 0.5) is 0 Å². The molecule has 2 aromatic rings. The van der Waals surface area contributed by atoms with Crippen molar-refractivity contribution in [3.05, 3.63) is 65.2 Å². The van der Waals surface area contributed by atoms with Gasteiger partial charge >= 0.3 is 0 Å². The van der Waals surface area contributed by atoms with Crippen LogP contribution in [-0.2, 0) is 6.42 Å². The molecular weight excluding hydrogens is 246 g/mol. The van der Waals surface area contributed by atoms with E-state index in [1.165, 1.54) is 29.5 Å². The predicted octanol–water partition coefficient (Wildman–Crippen LogP) is 4.03. The second kappa shape index (κ2) is 5.68. The highest BCUT2D eigenvalue weighted by Crippen LogP contribution is 2.33. The largest absolute Gasteiger partial charge is 0.497 e. The highest BCUT2D eigenvalue weighted by atomic mass is 16.5. The standard InChI is InChI=1S/C18H21NO/c1-13(15-7-5-8-16(12-15)20-2)19-18-11-10-14-6-3-4-9-17(14)18/h3-9,12-13,18-19H,10-11H2,1-2H3/t13-,18?/m0/s1. The summed E-state index contributed by atoms with van der Waals surface area (Å²) in [5.41, 5.74) is 4.22. The molecule has 0 fully saturated rings. The third-order valence-electron chi connectivity index (χ3n) is 4.18. The zero-order chi connectivity index (χ0) is 13.9. The Kier molecular flexibility index (Phi) is 3.75. The van der Waals surface area contributed by atoms with Gasteiger partial charge in [0.25, 0.3) is 0 Å². The summed E-state index contributed by atoms with van der Waals surface area (Å²) in [5.74, 6) is 0.919. The lowest BCUT2D eigenvalue weighted by Crippen LogP contribution is -2.23. The first-order chi connectivity index (χ1) is 9.78. The van der Waals surface area contributed by atoms with Crippen molar-refractivity contribution in [3.8, 4) is 5.75 Å². The molecule has 3 rings (SSSR count). The molecule has 104 valence electrons. The SMILES string of the molecule is COc1cccc([C@H](C)NC2CCc3ccccc32)c1. The Morgan fingerprint density at radius 3 is 2.85 bits per heavy atom. The van der Waals surface area contributed by atoms with Crippen molar-refractivity contribution >= 4 is 0 Å². The van der Waals surface area contributed by atoms with E-state index in [9.17, 15) is 0 Å². The molecule has 20 heavy (non-hydrogen) atoms. The highest BCUT2D eigenvalue weighted by molar-refractivity contribution is 5.35. The van der Waals surface area contributed by atoms with Crippen LogP contribution in [0.3, 0.4) is 0 Å². The van der Waals surface area contributed by atoms with Crippen molar-refractivity contribution in [2.24, 2.45) is 0 Å². The molecule has 2 heteroatoms. The third-order valence-corrected chi connectivity index (χ3v) is 4.18. The number of nitrogens with one attached hydrogen (secondary N) is 1. The van der Waals surface area contributed by atoms with Gasteiger partial charge in [0.1, 0.15) is 5.75 Å². The number of hydrogen-bond acceptors (Lipinski definition) is 2. The summed E-state index contributed by atoms with van der Waals surface area (Å²) < 4.78 is 5.30. The van der Waals surface area contributed by atoms with Gasteiger partial charge < -0.3 is 10.1 Å². The van der Waals surface area contributed by atoms with Crippen molar-refractivity contribution < 1.29 is 4.74 Å². The summed E-state index contributed by atoms with van der Waals surface area (Å²) in [7, 11) is 1.71. The van der Waals surface area contributed by atoms with Crippen LogP contribution in [0.5, 0.6) is 5.75 Å².